The topological polar surface area (TPSA) is 15.3 Å². The van der Waals surface area contributed by atoms with E-state index in [9.17, 15) is 0 Å². The van der Waals surface area contributed by atoms with Gasteiger partial charge in [0.15, 0.2) is 0 Å². The number of piperidine rings is 1. The van der Waals surface area contributed by atoms with Crippen LogP contribution < -0.4 is 5.32 Å². The van der Waals surface area contributed by atoms with Crippen LogP contribution in [0.1, 0.15) is 31.7 Å². The first-order valence-electron chi connectivity index (χ1n) is 7.80. The first-order valence-corrected chi connectivity index (χ1v) is 9.09. The van der Waals surface area contributed by atoms with Crippen molar-refractivity contribution in [1.82, 2.24) is 10.2 Å². The summed E-state index contributed by atoms with van der Waals surface area (Å²) >= 11 is 1.96. The Morgan fingerprint density at radius 2 is 2.15 bits per heavy atom. The molecule has 1 heterocycles. The molecule has 2 rings (SSSR count). The van der Waals surface area contributed by atoms with Crippen LogP contribution in [0.25, 0.3) is 0 Å². The molecule has 0 bridgehead atoms. The molecule has 1 N–H and O–H groups in total. The summed E-state index contributed by atoms with van der Waals surface area (Å²) in [6, 6.07) is 11.5. The molecule has 1 aliphatic rings. The van der Waals surface area contributed by atoms with Gasteiger partial charge in [-0.3, -0.25) is 4.90 Å². The second kappa shape index (κ2) is 8.71. The Morgan fingerprint density at radius 3 is 2.90 bits per heavy atom. The smallest absolute Gasteiger partial charge is 0.0234 e. The van der Waals surface area contributed by atoms with E-state index >= 15 is 0 Å². The highest BCUT2D eigenvalue weighted by Gasteiger charge is 2.19. The van der Waals surface area contributed by atoms with Gasteiger partial charge in [0.1, 0.15) is 0 Å². The van der Waals surface area contributed by atoms with Gasteiger partial charge in [0.25, 0.3) is 0 Å². The number of likely N-dealkylation sites (tertiary alicyclic amines) is 1. The molecule has 0 spiro atoms. The molecular weight excluding hydrogens is 264 g/mol. The van der Waals surface area contributed by atoms with Crippen molar-refractivity contribution < 1.29 is 0 Å². The molecule has 1 aromatic carbocycles. The number of hydrogen-bond acceptors (Lipinski definition) is 3. The van der Waals surface area contributed by atoms with Gasteiger partial charge in [0, 0.05) is 24.4 Å². The number of nitrogens with one attached hydrogen (secondary N) is 1. The highest BCUT2D eigenvalue weighted by molar-refractivity contribution is 7.99. The zero-order valence-electron chi connectivity index (χ0n) is 12.8. The number of rotatable bonds is 7. The summed E-state index contributed by atoms with van der Waals surface area (Å²) in [7, 11) is 0. The molecule has 2 atom stereocenters. The summed E-state index contributed by atoms with van der Waals surface area (Å²) in [5.41, 5.74) is 1.43. The highest BCUT2D eigenvalue weighted by Crippen LogP contribution is 2.14. The average Bonchev–Trinajstić information content (AvgIpc) is 2.48. The van der Waals surface area contributed by atoms with Crippen LogP contribution in [0, 0.1) is 0 Å². The normalized spacial score (nSPS) is 21.8. The molecule has 2 unspecified atom stereocenters. The summed E-state index contributed by atoms with van der Waals surface area (Å²) in [5.74, 6) is 0. The van der Waals surface area contributed by atoms with Gasteiger partial charge < -0.3 is 5.32 Å². The maximum atomic E-state index is 3.75. The molecule has 1 saturated heterocycles. The fraction of sp³-hybridized carbons (Fsp3) is 0.647. The van der Waals surface area contributed by atoms with Gasteiger partial charge in [-0.15, -0.1) is 0 Å². The maximum Gasteiger partial charge on any atom is 0.0234 e. The monoisotopic (exact) mass is 292 g/mol. The Hall–Kier alpha value is -0.510. The van der Waals surface area contributed by atoms with Gasteiger partial charge in [-0.2, -0.15) is 11.8 Å². The van der Waals surface area contributed by atoms with Crippen molar-refractivity contribution in [3.8, 4) is 0 Å². The van der Waals surface area contributed by atoms with Crippen LogP contribution in [0.2, 0.25) is 0 Å². The predicted molar refractivity (Wildman–Crippen MR) is 90.3 cm³/mol. The van der Waals surface area contributed by atoms with Crippen LogP contribution in [-0.2, 0) is 6.54 Å². The molecule has 0 radical (unpaired) electrons. The van der Waals surface area contributed by atoms with Crippen LogP contribution in [0.15, 0.2) is 30.3 Å². The lowest BCUT2D eigenvalue weighted by Gasteiger charge is -2.33. The largest absolute Gasteiger partial charge is 0.313 e. The van der Waals surface area contributed by atoms with E-state index in [2.05, 4.69) is 53.7 Å². The molecule has 20 heavy (non-hydrogen) atoms. The minimum absolute atomic E-state index is 0.682. The van der Waals surface area contributed by atoms with Gasteiger partial charge in [-0.1, -0.05) is 37.3 Å². The van der Waals surface area contributed by atoms with E-state index in [4.69, 9.17) is 0 Å². The quantitative estimate of drug-likeness (QED) is 0.829. The van der Waals surface area contributed by atoms with E-state index < -0.39 is 0 Å². The number of nitrogens with zero attached hydrogens (tertiary/aromatic N) is 1. The van der Waals surface area contributed by atoms with Crippen molar-refractivity contribution in [3.63, 3.8) is 0 Å². The fourth-order valence-electron chi connectivity index (χ4n) is 2.82. The van der Waals surface area contributed by atoms with E-state index in [0.717, 1.165) is 18.3 Å². The maximum absolute atomic E-state index is 3.75. The molecule has 0 amide bonds. The molecule has 1 fully saturated rings. The molecule has 3 heteroatoms. The van der Waals surface area contributed by atoms with Gasteiger partial charge in [0.05, 0.1) is 0 Å². The van der Waals surface area contributed by atoms with Crippen molar-refractivity contribution in [3.05, 3.63) is 35.9 Å². The summed E-state index contributed by atoms with van der Waals surface area (Å²) in [5, 5.41) is 4.52. The van der Waals surface area contributed by atoms with Crippen LogP contribution in [-0.4, -0.2) is 42.1 Å². The van der Waals surface area contributed by atoms with E-state index in [-0.39, 0.29) is 0 Å². The zero-order chi connectivity index (χ0) is 14.2. The molecule has 112 valence electrons. The van der Waals surface area contributed by atoms with Crippen LogP contribution in [0.3, 0.4) is 0 Å². The van der Waals surface area contributed by atoms with Crippen molar-refractivity contribution in [2.75, 3.05) is 25.9 Å². The molecule has 1 aromatic rings. The number of benzene rings is 1. The van der Waals surface area contributed by atoms with Crippen molar-refractivity contribution in [2.24, 2.45) is 0 Å². The zero-order valence-corrected chi connectivity index (χ0v) is 13.7. The van der Waals surface area contributed by atoms with Crippen LogP contribution >= 0.6 is 11.8 Å². The lowest BCUT2D eigenvalue weighted by atomic mass is 10.0. The lowest BCUT2D eigenvalue weighted by molar-refractivity contribution is 0.183. The molecule has 1 aliphatic heterocycles. The third-order valence-corrected chi connectivity index (χ3v) is 5.18. The molecular formula is C17H28N2S. The summed E-state index contributed by atoms with van der Waals surface area (Å²) in [6.07, 6.45) is 6.13. The third-order valence-electron chi connectivity index (χ3n) is 4.14. The van der Waals surface area contributed by atoms with Gasteiger partial charge >= 0.3 is 0 Å². The minimum Gasteiger partial charge on any atom is -0.313 e. The van der Waals surface area contributed by atoms with E-state index in [1.807, 2.05) is 11.8 Å². The molecule has 0 aromatic heterocycles. The third kappa shape index (κ3) is 5.47. The fourth-order valence-corrected chi connectivity index (χ4v) is 3.17. The average molecular weight is 292 g/mol. The highest BCUT2D eigenvalue weighted by atomic mass is 32.2. The second-order valence-corrected chi connectivity index (χ2v) is 7.13. The van der Waals surface area contributed by atoms with Crippen LogP contribution in [0.5, 0.6) is 0 Å². The van der Waals surface area contributed by atoms with Crippen molar-refractivity contribution >= 4 is 11.8 Å². The summed E-state index contributed by atoms with van der Waals surface area (Å²) in [6.45, 7) is 7.01. The molecule has 2 nitrogen and oxygen atoms in total. The molecule has 0 saturated carbocycles. The Labute approximate surface area is 128 Å². The Balaban J connectivity index is 1.71. The van der Waals surface area contributed by atoms with E-state index in [1.165, 1.54) is 37.9 Å². The van der Waals surface area contributed by atoms with E-state index in [0.29, 0.717) is 6.04 Å². The minimum atomic E-state index is 0.682. The Morgan fingerprint density at radius 1 is 1.35 bits per heavy atom. The van der Waals surface area contributed by atoms with E-state index in [1.54, 1.807) is 0 Å². The van der Waals surface area contributed by atoms with Gasteiger partial charge in [-0.05, 0) is 44.2 Å². The molecule has 0 aliphatic carbocycles. The van der Waals surface area contributed by atoms with Crippen LogP contribution in [0.4, 0.5) is 0 Å². The SMILES string of the molecule is CSC(C)CCNC1CCCN(Cc2ccccc2)C1. The number of thioether (sulfide) groups is 1. The standard InChI is InChI=1S/C17H28N2S/c1-15(20-2)10-11-18-17-9-6-12-19(14-17)13-16-7-4-3-5-8-16/h3-5,7-8,15,17-18H,6,9-14H2,1-2H3. The second-order valence-electron chi connectivity index (χ2n) is 5.85. The lowest BCUT2D eigenvalue weighted by Crippen LogP contribution is -2.45. The van der Waals surface area contributed by atoms with Crippen molar-refractivity contribution in [1.29, 1.82) is 0 Å². The predicted octanol–water partition coefficient (Wildman–Crippen LogP) is 3.38. The number of hydrogen-bond donors (Lipinski definition) is 1. The summed E-state index contributed by atoms with van der Waals surface area (Å²) in [4.78, 5) is 2.59. The summed E-state index contributed by atoms with van der Waals surface area (Å²) < 4.78 is 0. The first-order chi connectivity index (χ1) is 9.78. The first kappa shape index (κ1) is 15.9. The van der Waals surface area contributed by atoms with Crippen molar-refractivity contribution in [2.45, 2.75) is 44.0 Å². The van der Waals surface area contributed by atoms with Gasteiger partial charge in [0.2, 0.25) is 0 Å². The Kier molecular flexibility index (Phi) is 6.91. The van der Waals surface area contributed by atoms with Gasteiger partial charge in [-0.25, -0.2) is 0 Å². The Bertz CT molecular complexity index is 369.